The van der Waals surface area contributed by atoms with Gasteiger partial charge in [-0.15, -0.1) is 16.8 Å². The van der Waals surface area contributed by atoms with Crippen molar-refractivity contribution in [3.63, 3.8) is 0 Å². The lowest BCUT2D eigenvalue weighted by Gasteiger charge is -2.13. The van der Waals surface area contributed by atoms with E-state index < -0.39 is 0 Å². The fraction of sp³-hybridized carbons (Fsp3) is 0.261. The molecule has 0 saturated heterocycles. The van der Waals surface area contributed by atoms with Crippen LogP contribution in [0, 0.1) is 0 Å². The molecule has 30 heavy (non-hydrogen) atoms. The SMILES string of the molecule is C=CCn1c(SCC(=O)NC[C@H](C)c2ccccc2)nnc1-c1ccc(OC)cc1. The highest BCUT2D eigenvalue weighted by molar-refractivity contribution is 7.99. The van der Waals surface area contributed by atoms with Crippen molar-refractivity contribution >= 4 is 17.7 Å². The first-order chi connectivity index (χ1) is 14.6. The van der Waals surface area contributed by atoms with Crippen molar-refractivity contribution in [2.24, 2.45) is 0 Å². The van der Waals surface area contributed by atoms with E-state index in [-0.39, 0.29) is 17.6 Å². The van der Waals surface area contributed by atoms with E-state index in [0.29, 0.717) is 18.2 Å². The molecule has 7 heteroatoms. The molecule has 1 N–H and O–H groups in total. The number of aromatic nitrogens is 3. The van der Waals surface area contributed by atoms with Crippen LogP contribution in [-0.2, 0) is 11.3 Å². The largest absolute Gasteiger partial charge is 0.497 e. The van der Waals surface area contributed by atoms with Gasteiger partial charge in [-0.2, -0.15) is 0 Å². The summed E-state index contributed by atoms with van der Waals surface area (Å²) in [4.78, 5) is 12.3. The Morgan fingerprint density at radius 2 is 1.93 bits per heavy atom. The van der Waals surface area contributed by atoms with Crippen LogP contribution in [0.3, 0.4) is 0 Å². The summed E-state index contributed by atoms with van der Waals surface area (Å²) in [7, 11) is 1.63. The molecule has 0 unspecified atom stereocenters. The zero-order valence-corrected chi connectivity index (χ0v) is 18.1. The summed E-state index contributed by atoms with van der Waals surface area (Å²) < 4.78 is 7.17. The summed E-state index contributed by atoms with van der Waals surface area (Å²) in [6.45, 7) is 7.08. The van der Waals surface area contributed by atoms with Crippen LogP contribution >= 0.6 is 11.8 Å². The van der Waals surface area contributed by atoms with Gasteiger partial charge in [0.25, 0.3) is 0 Å². The number of nitrogens with zero attached hydrogens (tertiary/aromatic N) is 3. The number of thioether (sulfide) groups is 1. The van der Waals surface area contributed by atoms with Crippen LogP contribution in [0.4, 0.5) is 0 Å². The number of rotatable bonds is 10. The third-order valence-electron chi connectivity index (χ3n) is 4.68. The van der Waals surface area contributed by atoms with Crippen LogP contribution in [-0.4, -0.2) is 40.1 Å². The highest BCUT2D eigenvalue weighted by Crippen LogP contribution is 2.25. The van der Waals surface area contributed by atoms with Gasteiger partial charge in [-0.3, -0.25) is 9.36 Å². The summed E-state index contributed by atoms with van der Waals surface area (Å²) in [5, 5.41) is 12.3. The van der Waals surface area contributed by atoms with E-state index in [2.05, 4.69) is 41.1 Å². The van der Waals surface area contributed by atoms with Gasteiger partial charge in [-0.1, -0.05) is 55.1 Å². The number of carbonyl (C=O) groups is 1. The smallest absolute Gasteiger partial charge is 0.230 e. The Hall–Kier alpha value is -3.06. The number of methoxy groups -OCH3 is 1. The first-order valence-electron chi connectivity index (χ1n) is 9.75. The molecule has 0 fully saturated rings. The molecule has 1 atom stereocenters. The molecule has 0 bridgehead atoms. The van der Waals surface area contributed by atoms with Gasteiger partial charge >= 0.3 is 0 Å². The van der Waals surface area contributed by atoms with Crippen molar-refractivity contribution < 1.29 is 9.53 Å². The van der Waals surface area contributed by atoms with Crippen molar-refractivity contribution in [3.8, 4) is 17.1 Å². The Balaban J connectivity index is 1.61. The number of hydrogen-bond donors (Lipinski definition) is 1. The minimum absolute atomic E-state index is 0.0260. The van der Waals surface area contributed by atoms with E-state index in [4.69, 9.17) is 4.74 Å². The first kappa shape index (κ1) is 21.6. The van der Waals surface area contributed by atoms with Crippen molar-refractivity contribution in [1.29, 1.82) is 0 Å². The Labute approximate surface area is 181 Å². The molecule has 0 aliphatic rings. The normalized spacial score (nSPS) is 11.7. The Kier molecular flexibility index (Phi) is 7.68. The van der Waals surface area contributed by atoms with Gasteiger partial charge in [0.2, 0.25) is 5.91 Å². The molecule has 0 saturated carbocycles. The van der Waals surface area contributed by atoms with E-state index in [1.165, 1.54) is 17.3 Å². The Morgan fingerprint density at radius 1 is 1.20 bits per heavy atom. The highest BCUT2D eigenvalue weighted by atomic mass is 32.2. The quantitative estimate of drug-likeness (QED) is 0.393. The van der Waals surface area contributed by atoms with Crippen LogP contribution in [0.5, 0.6) is 5.75 Å². The van der Waals surface area contributed by atoms with Crippen molar-refractivity contribution in [2.75, 3.05) is 19.4 Å². The van der Waals surface area contributed by atoms with Crippen LogP contribution < -0.4 is 10.1 Å². The van der Waals surface area contributed by atoms with E-state index >= 15 is 0 Å². The van der Waals surface area contributed by atoms with Crippen LogP contribution in [0.2, 0.25) is 0 Å². The lowest BCUT2D eigenvalue weighted by Crippen LogP contribution is -2.29. The number of hydrogen-bond acceptors (Lipinski definition) is 5. The molecule has 0 spiro atoms. The summed E-state index contributed by atoms with van der Waals surface area (Å²) in [5.41, 5.74) is 2.14. The van der Waals surface area contributed by atoms with E-state index in [1.807, 2.05) is 47.0 Å². The molecule has 0 aliphatic heterocycles. The van der Waals surface area contributed by atoms with Gasteiger partial charge in [0.1, 0.15) is 5.75 Å². The fourth-order valence-electron chi connectivity index (χ4n) is 2.99. The van der Waals surface area contributed by atoms with Crippen molar-refractivity contribution in [1.82, 2.24) is 20.1 Å². The van der Waals surface area contributed by atoms with Crippen molar-refractivity contribution in [2.45, 2.75) is 24.5 Å². The maximum Gasteiger partial charge on any atom is 0.230 e. The number of amides is 1. The molecule has 2 aromatic carbocycles. The van der Waals surface area contributed by atoms with Gasteiger partial charge in [0, 0.05) is 18.7 Å². The monoisotopic (exact) mass is 422 g/mol. The molecular formula is C23H26N4O2S. The predicted molar refractivity (Wildman–Crippen MR) is 121 cm³/mol. The topological polar surface area (TPSA) is 69.0 Å². The molecule has 1 amide bonds. The zero-order valence-electron chi connectivity index (χ0n) is 17.2. The third-order valence-corrected chi connectivity index (χ3v) is 5.65. The van der Waals surface area contributed by atoms with Crippen LogP contribution in [0.25, 0.3) is 11.4 Å². The van der Waals surface area contributed by atoms with Crippen LogP contribution in [0.1, 0.15) is 18.4 Å². The van der Waals surface area contributed by atoms with Gasteiger partial charge in [0.15, 0.2) is 11.0 Å². The van der Waals surface area contributed by atoms with E-state index in [9.17, 15) is 4.79 Å². The molecule has 156 valence electrons. The number of nitrogens with one attached hydrogen (secondary N) is 1. The standard InChI is InChI=1S/C23H26N4O2S/c1-4-14-27-22(19-10-12-20(29-3)13-11-19)25-26-23(27)30-16-21(28)24-15-17(2)18-8-6-5-7-9-18/h4-13,17H,1,14-16H2,2-3H3,(H,24,28)/t17-/m0/s1. The molecule has 3 aromatic rings. The summed E-state index contributed by atoms with van der Waals surface area (Å²) in [6.07, 6.45) is 1.79. The number of ether oxygens (including phenoxy) is 1. The van der Waals surface area contributed by atoms with E-state index in [1.54, 1.807) is 13.2 Å². The minimum Gasteiger partial charge on any atom is -0.497 e. The molecule has 0 radical (unpaired) electrons. The zero-order chi connectivity index (χ0) is 21.3. The Morgan fingerprint density at radius 3 is 2.60 bits per heavy atom. The molecule has 0 aliphatic carbocycles. The van der Waals surface area contributed by atoms with Crippen molar-refractivity contribution in [3.05, 3.63) is 72.8 Å². The second kappa shape index (κ2) is 10.6. The molecular weight excluding hydrogens is 396 g/mol. The predicted octanol–water partition coefficient (Wildman–Crippen LogP) is 4.15. The maximum absolute atomic E-state index is 12.3. The molecule has 6 nitrogen and oxygen atoms in total. The van der Waals surface area contributed by atoms with Crippen LogP contribution in [0.15, 0.2) is 72.4 Å². The van der Waals surface area contributed by atoms with Gasteiger partial charge in [-0.05, 0) is 35.7 Å². The minimum atomic E-state index is -0.0260. The third kappa shape index (κ3) is 5.51. The molecule has 1 aromatic heterocycles. The van der Waals surface area contributed by atoms with Gasteiger partial charge in [-0.25, -0.2) is 0 Å². The lowest BCUT2D eigenvalue weighted by molar-refractivity contribution is -0.118. The number of carbonyl (C=O) groups excluding carboxylic acids is 1. The summed E-state index contributed by atoms with van der Waals surface area (Å²) in [6, 6.07) is 17.8. The maximum atomic E-state index is 12.3. The summed E-state index contributed by atoms with van der Waals surface area (Å²) in [5.74, 6) is 2.02. The molecule has 3 rings (SSSR count). The highest BCUT2D eigenvalue weighted by Gasteiger charge is 2.15. The van der Waals surface area contributed by atoms with Gasteiger partial charge < -0.3 is 10.1 Å². The second-order valence-electron chi connectivity index (χ2n) is 6.84. The van der Waals surface area contributed by atoms with Gasteiger partial charge in [0.05, 0.1) is 12.9 Å². The second-order valence-corrected chi connectivity index (χ2v) is 7.78. The first-order valence-corrected chi connectivity index (χ1v) is 10.7. The number of allylic oxidation sites excluding steroid dienone is 1. The average molecular weight is 423 g/mol. The fourth-order valence-corrected chi connectivity index (χ4v) is 3.77. The Bertz CT molecular complexity index is 971. The molecule has 1 heterocycles. The number of benzene rings is 2. The lowest BCUT2D eigenvalue weighted by atomic mass is 10.0. The van der Waals surface area contributed by atoms with E-state index in [0.717, 1.165) is 17.1 Å². The average Bonchev–Trinajstić information content (AvgIpc) is 3.19. The summed E-state index contributed by atoms with van der Waals surface area (Å²) >= 11 is 1.37.